The first-order chi connectivity index (χ1) is 14.4. The molecule has 0 saturated carbocycles. The lowest BCUT2D eigenvalue weighted by Crippen LogP contribution is -2.26. The highest BCUT2D eigenvalue weighted by molar-refractivity contribution is 7.88. The van der Waals surface area contributed by atoms with Crippen LogP contribution in [-0.4, -0.2) is 41.4 Å². The third-order valence-electron chi connectivity index (χ3n) is 5.23. The fraction of sp³-hybridized carbons (Fsp3) is 0.238. The molecule has 0 N–H and O–H groups in total. The fourth-order valence-electron chi connectivity index (χ4n) is 3.79. The largest absolute Gasteiger partial charge is 0.454 e. The number of aryl methyl sites for hydroxylation is 1. The molecule has 0 aliphatic carbocycles. The van der Waals surface area contributed by atoms with E-state index in [2.05, 4.69) is 10.2 Å². The van der Waals surface area contributed by atoms with Crippen molar-refractivity contribution in [3.8, 4) is 17.2 Å². The highest BCUT2D eigenvalue weighted by atomic mass is 32.2. The number of hydrogen-bond donors (Lipinski definition) is 0. The second kappa shape index (κ2) is 6.88. The number of para-hydroxylation sites is 1. The van der Waals surface area contributed by atoms with E-state index in [1.54, 1.807) is 4.68 Å². The SMILES string of the molecule is Cc1nn(-c2ccccc2)cc1[C@H]1CC(c2ccc3c(c2)OCO3)=NN1S(C)(=O)=O. The van der Waals surface area contributed by atoms with Crippen molar-refractivity contribution in [2.75, 3.05) is 13.0 Å². The van der Waals surface area contributed by atoms with Gasteiger partial charge in [-0.3, -0.25) is 0 Å². The Morgan fingerprint density at radius 3 is 2.60 bits per heavy atom. The highest BCUT2D eigenvalue weighted by Crippen LogP contribution is 2.38. The smallest absolute Gasteiger partial charge is 0.247 e. The molecule has 0 radical (unpaired) electrons. The van der Waals surface area contributed by atoms with Crippen molar-refractivity contribution < 1.29 is 17.9 Å². The van der Waals surface area contributed by atoms with Crippen molar-refractivity contribution >= 4 is 15.7 Å². The van der Waals surface area contributed by atoms with Gasteiger partial charge in [-0.05, 0) is 37.3 Å². The number of sulfonamides is 1. The molecule has 2 aliphatic rings. The van der Waals surface area contributed by atoms with Gasteiger partial charge in [0.15, 0.2) is 11.5 Å². The van der Waals surface area contributed by atoms with E-state index < -0.39 is 16.1 Å². The van der Waals surface area contributed by atoms with Crippen LogP contribution in [0.1, 0.15) is 29.3 Å². The Morgan fingerprint density at radius 2 is 1.83 bits per heavy atom. The fourth-order valence-corrected chi connectivity index (χ4v) is 4.69. The molecule has 154 valence electrons. The van der Waals surface area contributed by atoms with Gasteiger partial charge in [-0.1, -0.05) is 18.2 Å². The van der Waals surface area contributed by atoms with E-state index in [1.165, 1.54) is 10.7 Å². The predicted molar refractivity (Wildman–Crippen MR) is 111 cm³/mol. The topological polar surface area (TPSA) is 86.0 Å². The van der Waals surface area contributed by atoms with Crippen molar-refractivity contribution in [3.05, 3.63) is 71.5 Å². The molecule has 0 spiro atoms. The minimum Gasteiger partial charge on any atom is -0.454 e. The van der Waals surface area contributed by atoms with Gasteiger partial charge in [0.2, 0.25) is 16.8 Å². The van der Waals surface area contributed by atoms with Gasteiger partial charge < -0.3 is 9.47 Å². The molecule has 5 rings (SSSR count). The van der Waals surface area contributed by atoms with Gasteiger partial charge >= 0.3 is 0 Å². The van der Waals surface area contributed by atoms with E-state index in [1.807, 2.05) is 61.7 Å². The first-order valence-electron chi connectivity index (χ1n) is 9.48. The van der Waals surface area contributed by atoms with Gasteiger partial charge in [-0.15, -0.1) is 0 Å². The van der Waals surface area contributed by atoms with Gasteiger partial charge in [-0.25, -0.2) is 13.1 Å². The molecule has 3 aromatic rings. The van der Waals surface area contributed by atoms with Crippen LogP contribution in [0, 0.1) is 6.92 Å². The second-order valence-corrected chi connectivity index (χ2v) is 9.16. The first kappa shape index (κ1) is 18.7. The normalized spacial score (nSPS) is 18.0. The van der Waals surface area contributed by atoms with E-state index in [4.69, 9.17) is 9.47 Å². The summed E-state index contributed by atoms with van der Waals surface area (Å²) in [5.41, 5.74) is 3.98. The molecular formula is C21H20N4O4S. The van der Waals surface area contributed by atoms with Crippen molar-refractivity contribution in [2.24, 2.45) is 5.10 Å². The number of nitrogens with zero attached hydrogens (tertiary/aromatic N) is 4. The van der Waals surface area contributed by atoms with Crippen LogP contribution in [0.15, 0.2) is 59.8 Å². The number of benzene rings is 2. The first-order valence-corrected chi connectivity index (χ1v) is 11.3. The molecular weight excluding hydrogens is 404 g/mol. The number of hydrazone groups is 1. The molecule has 8 nitrogen and oxygen atoms in total. The summed E-state index contributed by atoms with van der Waals surface area (Å²) >= 11 is 0. The number of hydrogen-bond acceptors (Lipinski definition) is 6. The highest BCUT2D eigenvalue weighted by Gasteiger charge is 2.36. The van der Waals surface area contributed by atoms with E-state index in [9.17, 15) is 8.42 Å². The molecule has 2 aliphatic heterocycles. The molecule has 30 heavy (non-hydrogen) atoms. The van der Waals surface area contributed by atoms with Crippen LogP contribution < -0.4 is 9.47 Å². The van der Waals surface area contributed by atoms with Gasteiger partial charge in [0.1, 0.15) is 0 Å². The van der Waals surface area contributed by atoms with E-state index >= 15 is 0 Å². The zero-order valence-corrected chi connectivity index (χ0v) is 17.3. The molecule has 3 heterocycles. The Hall–Kier alpha value is -3.33. The lowest BCUT2D eigenvalue weighted by molar-refractivity contribution is 0.174. The minimum absolute atomic E-state index is 0.182. The molecule has 1 aromatic heterocycles. The molecule has 1 atom stereocenters. The van der Waals surface area contributed by atoms with Gasteiger partial charge in [0, 0.05) is 23.7 Å². The molecule has 0 unspecified atom stereocenters. The summed E-state index contributed by atoms with van der Waals surface area (Å²) in [4.78, 5) is 0. The van der Waals surface area contributed by atoms with Crippen molar-refractivity contribution in [3.63, 3.8) is 0 Å². The van der Waals surface area contributed by atoms with Gasteiger partial charge in [0.25, 0.3) is 0 Å². The Balaban J connectivity index is 1.52. The maximum atomic E-state index is 12.5. The van der Waals surface area contributed by atoms with Crippen LogP contribution in [0.4, 0.5) is 0 Å². The molecule has 9 heteroatoms. The average molecular weight is 424 g/mol. The zero-order chi connectivity index (χ0) is 20.9. The lowest BCUT2D eigenvalue weighted by Gasteiger charge is -2.20. The maximum absolute atomic E-state index is 12.5. The van der Waals surface area contributed by atoms with Gasteiger partial charge in [-0.2, -0.15) is 14.6 Å². The molecule has 2 aromatic carbocycles. The summed E-state index contributed by atoms with van der Waals surface area (Å²) in [6.45, 7) is 2.06. The molecule has 0 saturated heterocycles. The quantitative estimate of drug-likeness (QED) is 0.643. The summed E-state index contributed by atoms with van der Waals surface area (Å²) in [6, 6.07) is 14.8. The van der Waals surface area contributed by atoms with Crippen LogP contribution >= 0.6 is 0 Å². The molecule has 0 bridgehead atoms. The third-order valence-corrected chi connectivity index (χ3v) is 6.25. The monoisotopic (exact) mass is 424 g/mol. The van der Waals surface area contributed by atoms with Crippen molar-refractivity contribution in [2.45, 2.75) is 19.4 Å². The summed E-state index contributed by atoms with van der Waals surface area (Å²) in [7, 11) is -3.57. The minimum atomic E-state index is -3.57. The Morgan fingerprint density at radius 1 is 1.07 bits per heavy atom. The maximum Gasteiger partial charge on any atom is 0.247 e. The summed E-state index contributed by atoms with van der Waals surface area (Å²) < 4.78 is 38.8. The summed E-state index contributed by atoms with van der Waals surface area (Å²) in [5, 5.41) is 9.06. The Labute approximate surface area is 174 Å². The van der Waals surface area contributed by atoms with E-state index in [0.29, 0.717) is 23.6 Å². The summed E-state index contributed by atoms with van der Waals surface area (Å²) in [5.74, 6) is 1.31. The second-order valence-electron chi connectivity index (χ2n) is 7.32. The lowest BCUT2D eigenvalue weighted by atomic mass is 9.99. The van der Waals surface area contributed by atoms with Crippen molar-refractivity contribution in [1.29, 1.82) is 0 Å². The number of fused-ring (bicyclic) bond motifs is 1. The number of rotatable bonds is 4. The predicted octanol–water partition coefficient (Wildman–Crippen LogP) is 3.02. The van der Waals surface area contributed by atoms with Crippen LogP contribution in [0.3, 0.4) is 0 Å². The van der Waals surface area contributed by atoms with Gasteiger partial charge in [0.05, 0.1) is 29.4 Å². The zero-order valence-electron chi connectivity index (χ0n) is 16.5. The molecule has 0 amide bonds. The van der Waals surface area contributed by atoms with Crippen LogP contribution in [0.5, 0.6) is 11.5 Å². The van der Waals surface area contributed by atoms with Crippen LogP contribution in [0.25, 0.3) is 5.69 Å². The van der Waals surface area contributed by atoms with E-state index in [0.717, 1.165) is 22.5 Å². The van der Waals surface area contributed by atoms with Crippen LogP contribution in [0.2, 0.25) is 0 Å². The third kappa shape index (κ3) is 3.21. The molecule has 0 fully saturated rings. The van der Waals surface area contributed by atoms with E-state index in [-0.39, 0.29) is 6.79 Å². The number of aromatic nitrogens is 2. The van der Waals surface area contributed by atoms with Crippen LogP contribution in [-0.2, 0) is 10.0 Å². The Bertz CT molecular complexity index is 1250. The standard InChI is InChI=1S/C21H20N4O4S/c1-14-17(12-24(22-14)16-6-4-3-5-7-16)19-11-18(23-25(19)30(2,26)27)15-8-9-20-21(10-15)29-13-28-20/h3-10,12,19H,11,13H2,1-2H3/t19-/m1/s1. The summed E-state index contributed by atoms with van der Waals surface area (Å²) in [6.07, 6.45) is 3.49. The average Bonchev–Trinajstić information content (AvgIpc) is 3.45. The van der Waals surface area contributed by atoms with Crippen molar-refractivity contribution in [1.82, 2.24) is 14.2 Å². The Kier molecular flexibility index (Phi) is 4.28. The number of ether oxygens (including phenoxy) is 2.